The third kappa shape index (κ3) is 1.08. The van der Waals surface area contributed by atoms with Crippen molar-refractivity contribution in [3.8, 4) is 0 Å². The molecule has 1 saturated carbocycles. The lowest BCUT2D eigenvalue weighted by atomic mass is 10.2. The van der Waals surface area contributed by atoms with E-state index in [1.165, 1.54) is 0 Å². The summed E-state index contributed by atoms with van der Waals surface area (Å²) in [5.41, 5.74) is 8.40. The Hall–Kier alpha value is -1.55. The summed E-state index contributed by atoms with van der Waals surface area (Å²) in [6.45, 7) is 0. The van der Waals surface area contributed by atoms with Crippen molar-refractivity contribution in [2.45, 2.75) is 18.4 Å². The van der Waals surface area contributed by atoms with E-state index in [0.717, 1.165) is 29.6 Å². The molecule has 70 valence electrons. The number of hydrogen-bond donors (Lipinski definition) is 1. The molecular formula is C10H10N4. The molecule has 0 spiro atoms. The molecule has 0 aromatic carbocycles. The Kier molecular flexibility index (Phi) is 1.39. The van der Waals surface area contributed by atoms with Crippen LogP contribution in [0.2, 0.25) is 0 Å². The Morgan fingerprint density at radius 3 is 2.86 bits per heavy atom. The van der Waals surface area contributed by atoms with Crippen molar-refractivity contribution in [1.82, 2.24) is 15.0 Å². The first-order chi connectivity index (χ1) is 6.78. The molecule has 1 aliphatic rings. The highest BCUT2D eigenvalue weighted by molar-refractivity contribution is 5.72. The van der Waals surface area contributed by atoms with Gasteiger partial charge in [-0.2, -0.15) is 0 Å². The predicted molar refractivity (Wildman–Crippen MR) is 52.4 cm³/mol. The zero-order valence-corrected chi connectivity index (χ0v) is 7.64. The van der Waals surface area contributed by atoms with Crippen molar-refractivity contribution >= 4 is 11.0 Å². The van der Waals surface area contributed by atoms with Crippen LogP contribution in [-0.2, 0) is 5.54 Å². The van der Waals surface area contributed by atoms with Crippen LogP contribution in [0.3, 0.4) is 0 Å². The molecule has 4 heteroatoms. The third-order valence-electron chi connectivity index (χ3n) is 2.64. The minimum absolute atomic E-state index is 0.211. The topological polar surface area (TPSA) is 64.7 Å². The van der Waals surface area contributed by atoms with Crippen molar-refractivity contribution in [3.05, 3.63) is 30.4 Å². The van der Waals surface area contributed by atoms with Gasteiger partial charge in [0.25, 0.3) is 0 Å². The van der Waals surface area contributed by atoms with E-state index in [-0.39, 0.29) is 5.54 Å². The van der Waals surface area contributed by atoms with Gasteiger partial charge in [-0.05, 0) is 18.9 Å². The minimum Gasteiger partial charge on any atom is -0.320 e. The maximum absolute atomic E-state index is 6.04. The summed E-state index contributed by atoms with van der Waals surface area (Å²) < 4.78 is 0. The van der Waals surface area contributed by atoms with Crippen molar-refractivity contribution < 1.29 is 0 Å². The molecule has 2 aromatic rings. The smallest absolute Gasteiger partial charge is 0.107 e. The van der Waals surface area contributed by atoms with E-state index in [4.69, 9.17) is 5.73 Å². The Balaban J connectivity index is 2.20. The van der Waals surface area contributed by atoms with Gasteiger partial charge in [-0.15, -0.1) is 0 Å². The van der Waals surface area contributed by atoms with Crippen molar-refractivity contribution in [2.75, 3.05) is 0 Å². The van der Waals surface area contributed by atoms with E-state index in [0.29, 0.717) is 0 Å². The number of aromatic nitrogens is 3. The highest BCUT2D eigenvalue weighted by atomic mass is 14.9. The van der Waals surface area contributed by atoms with Crippen LogP contribution in [-0.4, -0.2) is 15.0 Å². The fourth-order valence-corrected chi connectivity index (χ4v) is 1.49. The second kappa shape index (κ2) is 2.48. The molecule has 0 unspecified atom stereocenters. The van der Waals surface area contributed by atoms with Crippen molar-refractivity contribution in [2.24, 2.45) is 5.73 Å². The lowest BCUT2D eigenvalue weighted by Crippen LogP contribution is -2.20. The molecule has 0 radical (unpaired) electrons. The van der Waals surface area contributed by atoms with Crippen LogP contribution in [0.1, 0.15) is 18.5 Å². The summed E-state index contributed by atoms with van der Waals surface area (Å²) in [6.07, 6.45) is 7.22. The first kappa shape index (κ1) is 7.82. The molecule has 0 bridgehead atoms. The molecule has 2 aromatic heterocycles. The van der Waals surface area contributed by atoms with Crippen LogP contribution in [0, 0.1) is 0 Å². The molecular weight excluding hydrogens is 176 g/mol. The maximum Gasteiger partial charge on any atom is 0.107 e. The zero-order valence-electron chi connectivity index (χ0n) is 7.64. The largest absolute Gasteiger partial charge is 0.320 e. The Morgan fingerprint density at radius 2 is 2.07 bits per heavy atom. The molecule has 14 heavy (non-hydrogen) atoms. The average Bonchev–Trinajstić information content (AvgIpc) is 2.97. The zero-order chi connectivity index (χ0) is 9.60. The summed E-state index contributed by atoms with van der Waals surface area (Å²) in [5, 5.41) is 0. The second-order valence-corrected chi connectivity index (χ2v) is 3.78. The molecule has 0 atom stereocenters. The number of hydrogen-bond acceptors (Lipinski definition) is 4. The van der Waals surface area contributed by atoms with E-state index in [1.807, 2.05) is 6.07 Å². The van der Waals surface area contributed by atoms with E-state index in [2.05, 4.69) is 15.0 Å². The molecule has 0 aliphatic heterocycles. The van der Waals surface area contributed by atoms with Crippen LogP contribution in [0.4, 0.5) is 0 Å². The molecule has 4 nitrogen and oxygen atoms in total. The molecule has 0 amide bonds. The number of nitrogens with two attached hydrogens (primary N) is 1. The van der Waals surface area contributed by atoms with Crippen LogP contribution >= 0.6 is 0 Å². The number of fused-ring (bicyclic) bond motifs is 1. The minimum atomic E-state index is -0.211. The Morgan fingerprint density at radius 1 is 1.21 bits per heavy atom. The van der Waals surface area contributed by atoms with Gasteiger partial charge in [0.05, 0.1) is 29.1 Å². The SMILES string of the molecule is NC1(c2cnc3ccncc3n2)CC1. The first-order valence-corrected chi connectivity index (χ1v) is 4.64. The summed E-state index contributed by atoms with van der Waals surface area (Å²) in [4.78, 5) is 12.8. The fraction of sp³-hybridized carbons (Fsp3) is 0.300. The molecule has 1 aliphatic carbocycles. The Labute approximate surface area is 81.2 Å². The summed E-state index contributed by atoms with van der Waals surface area (Å²) >= 11 is 0. The van der Waals surface area contributed by atoms with Gasteiger partial charge in [0.1, 0.15) is 5.52 Å². The number of pyridine rings is 1. The highest BCUT2D eigenvalue weighted by Crippen LogP contribution is 2.41. The Bertz CT molecular complexity index is 490. The monoisotopic (exact) mass is 186 g/mol. The maximum atomic E-state index is 6.04. The quantitative estimate of drug-likeness (QED) is 0.720. The molecule has 1 fully saturated rings. The van der Waals surface area contributed by atoms with E-state index in [1.54, 1.807) is 18.6 Å². The van der Waals surface area contributed by atoms with Crippen LogP contribution in [0.5, 0.6) is 0 Å². The second-order valence-electron chi connectivity index (χ2n) is 3.78. The first-order valence-electron chi connectivity index (χ1n) is 4.64. The average molecular weight is 186 g/mol. The van der Waals surface area contributed by atoms with E-state index < -0.39 is 0 Å². The highest BCUT2D eigenvalue weighted by Gasteiger charge is 2.41. The summed E-state index contributed by atoms with van der Waals surface area (Å²) in [5.74, 6) is 0. The van der Waals surface area contributed by atoms with E-state index in [9.17, 15) is 0 Å². The van der Waals surface area contributed by atoms with Crippen molar-refractivity contribution in [1.29, 1.82) is 0 Å². The number of nitrogens with zero attached hydrogens (tertiary/aromatic N) is 3. The summed E-state index contributed by atoms with van der Waals surface area (Å²) in [6, 6.07) is 1.85. The molecule has 3 rings (SSSR count). The molecule has 2 heterocycles. The van der Waals surface area contributed by atoms with Gasteiger partial charge >= 0.3 is 0 Å². The lowest BCUT2D eigenvalue weighted by Gasteiger charge is -2.07. The normalized spacial score (nSPS) is 18.4. The van der Waals surface area contributed by atoms with Gasteiger partial charge in [-0.25, -0.2) is 4.98 Å². The van der Waals surface area contributed by atoms with Gasteiger partial charge in [-0.1, -0.05) is 0 Å². The third-order valence-corrected chi connectivity index (χ3v) is 2.64. The van der Waals surface area contributed by atoms with E-state index >= 15 is 0 Å². The van der Waals surface area contributed by atoms with Gasteiger partial charge in [0.15, 0.2) is 0 Å². The number of rotatable bonds is 1. The van der Waals surface area contributed by atoms with Gasteiger partial charge in [0.2, 0.25) is 0 Å². The van der Waals surface area contributed by atoms with Crippen LogP contribution in [0.25, 0.3) is 11.0 Å². The van der Waals surface area contributed by atoms with Crippen LogP contribution < -0.4 is 5.73 Å². The van der Waals surface area contributed by atoms with Crippen LogP contribution in [0.15, 0.2) is 24.7 Å². The van der Waals surface area contributed by atoms with Gasteiger partial charge in [-0.3, -0.25) is 9.97 Å². The van der Waals surface area contributed by atoms with Crippen molar-refractivity contribution in [3.63, 3.8) is 0 Å². The van der Waals surface area contributed by atoms with Gasteiger partial charge in [0, 0.05) is 6.20 Å². The predicted octanol–water partition coefficient (Wildman–Crippen LogP) is 0.973. The standard InChI is InChI=1S/C10H10N4/c11-10(2-3-10)9-6-13-7-1-4-12-5-8(7)14-9/h1,4-6H,2-3,11H2. The lowest BCUT2D eigenvalue weighted by molar-refractivity contribution is 0.707. The van der Waals surface area contributed by atoms with Gasteiger partial charge < -0.3 is 5.73 Å². The molecule has 2 N–H and O–H groups in total. The fourth-order valence-electron chi connectivity index (χ4n) is 1.49. The summed E-state index contributed by atoms with van der Waals surface area (Å²) in [7, 11) is 0. The molecule has 0 saturated heterocycles.